The van der Waals surface area contributed by atoms with Crippen molar-refractivity contribution in [2.24, 2.45) is 5.73 Å². The third-order valence-corrected chi connectivity index (χ3v) is 3.40. The van der Waals surface area contributed by atoms with E-state index in [0.717, 1.165) is 44.0 Å². The van der Waals surface area contributed by atoms with E-state index in [1.165, 1.54) is 11.1 Å². The SMILES string of the molecule is NCCCN1CC=C(c2cccc(Cl)c2)CC1. The van der Waals surface area contributed by atoms with Gasteiger partial charge in [-0.1, -0.05) is 29.8 Å². The van der Waals surface area contributed by atoms with Crippen molar-refractivity contribution in [1.29, 1.82) is 0 Å². The van der Waals surface area contributed by atoms with Gasteiger partial charge in [-0.2, -0.15) is 0 Å². The van der Waals surface area contributed by atoms with Crippen molar-refractivity contribution in [3.63, 3.8) is 0 Å². The van der Waals surface area contributed by atoms with Gasteiger partial charge in [0.2, 0.25) is 0 Å². The summed E-state index contributed by atoms with van der Waals surface area (Å²) in [6, 6.07) is 8.11. The Hall–Kier alpha value is -0.830. The fourth-order valence-corrected chi connectivity index (χ4v) is 2.37. The molecule has 0 saturated carbocycles. The minimum atomic E-state index is 0.779. The van der Waals surface area contributed by atoms with Crippen LogP contribution in [-0.2, 0) is 0 Å². The zero-order valence-corrected chi connectivity index (χ0v) is 10.8. The zero-order chi connectivity index (χ0) is 12.1. The van der Waals surface area contributed by atoms with Gasteiger partial charge in [-0.3, -0.25) is 4.90 Å². The molecule has 0 atom stereocenters. The van der Waals surface area contributed by atoms with Crippen LogP contribution >= 0.6 is 11.6 Å². The molecule has 0 amide bonds. The van der Waals surface area contributed by atoms with E-state index in [9.17, 15) is 0 Å². The molecule has 0 unspecified atom stereocenters. The molecule has 0 aromatic heterocycles. The predicted molar refractivity (Wildman–Crippen MR) is 74.2 cm³/mol. The molecular formula is C14H19ClN2. The third-order valence-electron chi connectivity index (χ3n) is 3.17. The average Bonchev–Trinajstić information content (AvgIpc) is 2.37. The van der Waals surface area contributed by atoms with E-state index in [1.807, 2.05) is 18.2 Å². The zero-order valence-electron chi connectivity index (χ0n) is 10.0. The van der Waals surface area contributed by atoms with Crippen molar-refractivity contribution < 1.29 is 0 Å². The Balaban J connectivity index is 1.98. The van der Waals surface area contributed by atoms with E-state index < -0.39 is 0 Å². The van der Waals surface area contributed by atoms with E-state index in [1.54, 1.807) is 0 Å². The number of nitrogens with zero attached hydrogens (tertiary/aromatic N) is 1. The molecule has 0 bridgehead atoms. The average molecular weight is 251 g/mol. The van der Waals surface area contributed by atoms with Gasteiger partial charge in [0, 0.05) is 18.1 Å². The first-order valence-corrected chi connectivity index (χ1v) is 6.55. The number of hydrogen-bond donors (Lipinski definition) is 1. The third kappa shape index (κ3) is 3.56. The van der Waals surface area contributed by atoms with E-state index >= 15 is 0 Å². The van der Waals surface area contributed by atoms with Crippen LogP contribution in [0.4, 0.5) is 0 Å². The summed E-state index contributed by atoms with van der Waals surface area (Å²) in [6.45, 7) is 4.04. The lowest BCUT2D eigenvalue weighted by atomic mass is 9.99. The van der Waals surface area contributed by atoms with E-state index in [4.69, 9.17) is 17.3 Å². The fraction of sp³-hybridized carbons (Fsp3) is 0.429. The number of halogens is 1. The van der Waals surface area contributed by atoms with Gasteiger partial charge in [-0.25, -0.2) is 0 Å². The van der Waals surface area contributed by atoms with Crippen LogP contribution < -0.4 is 5.73 Å². The largest absolute Gasteiger partial charge is 0.330 e. The monoisotopic (exact) mass is 250 g/mol. The summed E-state index contributed by atoms with van der Waals surface area (Å²) in [6.07, 6.45) is 4.50. The lowest BCUT2D eigenvalue weighted by Crippen LogP contribution is -2.30. The molecule has 1 aromatic carbocycles. The molecule has 2 nitrogen and oxygen atoms in total. The highest BCUT2D eigenvalue weighted by atomic mass is 35.5. The van der Waals surface area contributed by atoms with Crippen molar-refractivity contribution in [3.05, 3.63) is 40.9 Å². The second-order valence-corrected chi connectivity index (χ2v) is 4.87. The number of rotatable bonds is 4. The first kappa shape index (κ1) is 12.6. The van der Waals surface area contributed by atoms with Crippen LogP contribution in [0.15, 0.2) is 30.3 Å². The van der Waals surface area contributed by atoms with Crippen LogP contribution in [0.2, 0.25) is 5.02 Å². The maximum Gasteiger partial charge on any atom is 0.0412 e. The van der Waals surface area contributed by atoms with Crippen LogP contribution in [0.5, 0.6) is 0 Å². The van der Waals surface area contributed by atoms with Crippen molar-refractivity contribution in [3.8, 4) is 0 Å². The van der Waals surface area contributed by atoms with Gasteiger partial charge in [0.1, 0.15) is 0 Å². The second-order valence-electron chi connectivity index (χ2n) is 4.43. The van der Waals surface area contributed by atoms with Crippen molar-refractivity contribution >= 4 is 17.2 Å². The van der Waals surface area contributed by atoms with Gasteiger partial charge >= 0.3 is 0 Å². The summed E-state index contributed by atoms with van der Waals surface area (Å²) in [4.78, 5) is 2.45. The highest BCUT2D eigenvalue weighted by Gasteiger charge is 2.12. The smallest absolute Gasteiger partial charge is 0.0412 e. The van der Waals surface area contributed by atoms with E-state index in [0.29, 0.717) is 0 Å². The molecule has 0 saturated heterocycles. The lowest BCUT2D eigenvalue weighted by Gasteiger charge is -2.26. The van der Waals surface area contributed by atoms with Gasteiger partial charge in [-0.15, -0.1) is 0 Å². The molecule has 0 fully saturated rings. The molecule has 3 heteroatoms. The Morgan fingerprint density at radius 3 is 2.88 bits per heavy atom. The minimum Gasteiger partial charge on any atom is -0.330 e. The molecule has 2 rings (SSSR count). The topological polar surface area (TPSA) is 29.3 Å². The normalized spacial score (nSPS) is 16.9. The van der Waals surface area contributed by atoms with Crippen LogP contribution in [0, 0.1) is 0 Å². The Morgan fingerprint density at radius 2 is 2.24 bits per heavy atom. The number of hydrogen-bond acceptors (Lipinski definition) is 2. The summed E-state index contributed by atoms with van der Waals surface area (Å²) in [5, 5.41) is 0.814. The molecule has 1 aliphatic rings. The van der Waals surface area contributed by atoms with Crippen LogP contribution in [0.25, 0.3) is 5.57 Å². The van der Waals surface area contributed by atoms with Gasteiger partial charge in [-0.05, 0) is 49.2 Å². The Kier molecular flexibility index (Phi) is 4.60. The molecule has 17 heavy (non-hydrogen) atoms. The summed E-state index contributed by atoms with van der Waals surface area (Å²) >= 11 is 6.01. The Bertz CT molecular complexity index is 401. The van der Waals surface area contributed by atoms with Gasteiger partial charge < -0.3 is 5.73 Å². The molecule has 1 heterocycles. The summed E-state index contributed by atoms with van der Waals surface area (Å²) < 4.78 is 0. The maximum atomic E-state index is 6.01. The molecule has 0 radical (unpaired) electrons. The predicted octanol–water partition coefficient (Wildman–Crippen LogP) is 2.78. The Labute approximate surface area is 108 Å². The van der Waals surface area contributed by atoms with Crippen LogP contribution in [0.3, 0.4) is 0 Å². The molecule has 1 aliphatic heterocycles. The maximum absolute atomic E-state index is 6.01. The van der Waals surface area contributed by atoms with Gasteiger partial charge in [0.05, 0.1) is 0 Å². The quantitative estimate of drug-likeness (QED) is 0.891. The van der Waals surface area contributed by atoms with Crippen molar-refractivity contribution in [1.82, 2.24) is 4.90 Å². The Morgan fingerprint density at radius 1 is 1.35 bits per heavy atom. The molecule has 0 aliphatic carbocycles. The molecule has 0 spiro atoms. The second kappa shape index (κ2) is 6.20. The molecule has 92 valence electrons. The van der Waals surface area contributed by atoms with Crippen LogP contribution in [-0.4, -0.2) is 31.1 Å². The highest BCUT2D eigenvalue weighted by Crippen LogP contribution is 2.24. The number of benzene rings is 1. The van der Waals surface area contributed by atoms with E-state index in [-0.39, 0.29) is 0 Å². The van der Waals surface area contributed by atoms with E-state index in [2.05, 4.69) is 17.0 Å². The highest BCUT2D eigenvalue weighted by molar-refractivity contribution is 6.30. The van der Waals surface area contributed by atoms with Crippen molar-refractivity contribution in [2.45, 2.75) is 12.8 Å². The summed E-state index contributed by atoms with van der Waals surface area (Å²) in [5.41, 5.74) is 8.20. The first-order valence-electron chi connectivity index (χ1n) is 6.17. The molecular weight excluding hydrogens is 232 g/mol. The molecule has 1 aromatic rings. The van der Waals surface area contributed by atoms with Gasteiger partial charge in [0.15, 0.2) is 0 Å². The lowest BCUT2D eigenvalue weighted by molar-refractivity contribution is 0.300. The summed E-state index contributed by atoms with van der Waals surface area (Å²) in [7, 11) is 0. The first-order chi connectivity index (χ1) is 8.29. The fourth-order valence-electron chi connectivity index (χ4n) is 2.18. The van der Waals surface area contributed by atoms with Crippen LogP contribution in [0.1, 0.15) is 18.4 Å². The summed E-state index contributed by atoms with van der Waals surface area (Å²) in [5.74, 6) is 0. The number of nitrogens with two attached hydrogens (primary N) is 1. The standard InChI is InChI=1S/C14H19ClN2/c15-14-4-1-3-13(11-14)12-5-9-17(10-6-12)8-2-7-16/h1,3-5,11H,2,6-10,16H2. The van der Waals surface area contributed by atoms with Gasteiger partial charge in [0.25, 0.3) is 0 Å². The minimum absolute atomic E-state index is 0.779. The van der Waals surface area contributed by atoms with Crippen molar-refractivity contribution in [2.75, 3.05) is 26.2 Å². The molecule has 2 N–H and O–H groups in total.